The van der Waals surface area contributed by atoms with Crippen LogP contribution in [0.2, 0.25) is 0 Å². The predicted octanol–water partition coefficient (Wildman–Crippen LogP) is 1.18. The molecule has 1 saturated carbocycles. The molecule has 1 N–H and O–H groups in total. The van der Waals surface area contributed by atoms with Crippen molar-refractivity contribution in [2.75, 3.05) is 24.2 Å². The molecule has 6 nitrogen and oxygen atoms in total. The van der Waals surface area contributed by atoms with Gasteiger partial charge in [0.25, 0.3) is 0 Å². The van der Waals surface area contributed by atoms with Crippen molar-refractivity contribution in [3.8, 4) is 0 Å². The molecule has 0 bridgehead atoms. The third-order valence-electron chi connectivity index (χ3n) is 4.00. The van der Waals surface area contributed by atoms with Gasteiger partial charge < -0.3 is 4.90 Å². The van der Waals surface area contributed by atoms with E-state index in [1.807, 2.05) is 13.0 Å². The second-order valence-electron chi connectivity index (χ2n) is 6.15. The molecular weight excluding hydrogens is 288 g/mol. The zero-order valence-corrected chi connectivity index (χ0v) is 13.4. The molecule has 1 saturated heterocycles. The summed E-state index contributed by atoms with van der Waals surface area (Å²) in [6.45, 7) is 3.66. The van der Waals surface area contributed by atoms with Crippen molar-refractivity contribution in [1.82, 2.24) is 14.7 Å². The van der Waals surface area contributed by atoms with Gasteiger partial charge in [0.2, 0.25) is 10.0 Å². The molecule has 3 rings (SSSR count). The van der Waals surface area contributed by atoms with E-state index in [1.54, 1.807) is 0 Å². The standard InChI is InChI=1S/C14H22N4O2S/c1-10-9-13(16-14(15-10)11-3-4-11)18-7-5-12(6-8-18)17-21(2,19)20/h9,11-12,17H,3-8H2,1-2H3. The number of rotatable bonds is 4. The zero-order chi connectivity index (χ0) is 15.0. The molecule has 1 aliphatic heterocycles. The summed E-state index contributed by atoms with van der Waals surface area (Å²) in [6.07, 6.45) is 5.24. The van der Waals surface area contributed by atoms with Gasteiger partial charge in [0.05, 0.1) is 6.26 Å². The van der Waals surface area contributed by atoms with Gasteiger partial charge in [0.1, 0.15) is 11.6 Å². The normalized spacial score (nSPS) is 20.8. The average Bonchev–Trinajstić information content (AvgIpc) is 3.21. The fraction of sp³-hybridized carbons (Fsp3) is 0.714. The van der Waals surface area contributed by atoms with Crippen LogP contribution in [0.15, 0.2) is 6.07 Å². The zero-order valence-electron chi connectivity index (χ0n) is 12.5. The predicted molar refractivity (Wildman–Crippen MR) is 82.0 cm³/mol. The lowest BCUT2D eigenvalue weighted by molar-refractivity contribution is 0.459. The lowest BCUT2D eigenvalue weighted by Gasteiger charge is -2.33. The number of aryl methyl sites for hydroxylation is 1. The molecule has 7 heteroatoms. The topological polar surface area (TPSA) is 75.2 Å². The van der Waals surface area contributed by atoms with E-state index in [0.717, 1.165) is 43.3 Å². The van der Waals surface area contributed by atoms with Crippen LogP contribution in [0.25, 0.3) is 0 Å². The summed E-state index contributed by atoms with van der Waals surface area (Å²) in [5.41, 5.74) is 1.01. The summed E-state index contributed by atoms with van der Waals surface area (Å²) < 4.78 is 25.2. The summed E-state index contributed by atoms with van der Waals surface area (Å²) >= 11 is 0. The second-order valence-corrected chi connectivity index (χ2v) is 7.93. The van der Waals surface area contributed by atoms with Crippen LogP contribution in [0.3, 0.4) is 0 Å². The minimum absolute atomic E-state index is 0.0436. The number of anilines is 1. The molecular formula is C14H22N4O2S. The largest absolute Gasteiger partial charge is 0.356 e. The van der Waals surface area contributed by atoms with Crippen LogP contribution < -0.4 is 9.62 Å². The van der Waals surface area contributed by atoms with E-state index in [-0.39, 0.29) is 6.04 Å². The van der Waals surface area contributed by atoms with Crippen LogP contribution in [0.4, 0.5) is 5.82 Å². The number of nitrogens with one attached hydrogen (secondary N) is 1. The average molecular weight is 310 g/mol. The number of aromatic nitrogens is 2. The fourth-order valence-corrected chi connectivity index (χ4v) is 3.63. The van der Waals surface area contributed by atoms with Crippen LogP contribution >= 0.6 is 0 Å². The van der Waals surface area contributed by atoms with Crippen molar-refractivity contribution in [2.45, 2.75) is 44.6 Å². The third-order valence-corrected chi connectivity index (χ3v) is 4.76. The first-order chi connectivity index (χ1) is 9.90. The monoisotopic (exact) mass is 310 g/mol. The molecule has 2 heterocycles. The van der Waals surface area contributed by atoms with Crippen molar-refractivity contribution in [1.29, 1.82) is 0 Å². The van der Waals surface area contributed by atoms with Crippen LogP contribution in [-0.2, 0) is 10.0 Å². The van der Waals surface area contributed by atoms with Crippen molar-refractivity contribution in [3.05, 3.63) is 17.6 Å². The first-order valence-corrected chi connectivity index (χ1v) is 9.38. The Morgan fingerprint density at radius 2 is 1.86 bits per heavy atom. The van der Waals surface area contributed by atoms with Gasteiger partial charge >= 0.3 is 0 Å². The van der Waals surface area contributed by atoms with E-state index >= 15 is 0 Å². The first kappa shape index (κ1) is 14.7. The Kier molecular flexibility index (Phi) is 3.88. The Morgan fingerprint density at radius 1 is 1.19 bits per heavy atom. The van der Waals surface area contributed by atoms with E-state index in [1.165, 1.54) is 19.1 Å². The molecule has 0 amide bonds. The summed E-state index contributed by atoms with van der Waals surface area (Å²) in [6, 6.07) is 2.07. The molecule has 0 spiro atoms. The Labute approximate surface area is 126 Å². The van der Waals surface area contributed by atoms with Crippen LogP contribution in [0.1, 0.15) is 43.1 Å². The van der Waals surface area contributed by atoms with E-state index < -0.39 is 10.0 Å². The van der Waals surface area contributed by atoms with Gasteiger partial charge in [-0.25, -0.2) is 23.1 Å². The highest BCUT2D eigenvalue weighted by atomic mass is 32.2. The number of piperidine rings is 1. The van der Waals surface area contributed by atoms with E-state index in [4.69, 9.17) is 4.98 Å². The number of hydrogen-bond donors (Lipinski definition) is 1. The maximum absolute atomic E-state index is 11.3. The highest BCUT2D eigenvalue weighted by Crippen LogP contribution is 2.38. The minimum atomic E-state index is -3.12. The summed E-state index contributed by atoms with van der Waals surface area (Å²) in [4.78, 5) is 11.5. The SMILES string of the molecule is Cc1cc(N2CCC(NS(C)(=O)=O)CC2)nc(C2CC2)n1. The Bertz CT molecular complexity index is 620. The minimum Gasteiger partial charge on any atom is -0.356 e. The van der Waals surface area contributed by atoms with E-state index in [2.05, 4.69) is 14.6 Å². The Hall–Kier alpha value is -1.21. The van der Waals surface area contributed by atoms with Gasteiger partial charge in [-0.15, -0.1) is 0 Å². The second kappa shape index (κ2) is 5.53. The van der Waals surface area contributed by atoms with Gasteiger partial charge in [0, 0.05) is 36.8 Å². The van der Waals surface area contributed by atoms with Gasteiger partial charge in [-0.3, -0.25) is 0 Å². The molecule has 116 valence electrons. The van der Waals surface area contributed by atoms with Crippen LogP contribution in [0, 0.1) is 6.92 Å². The fourth-order valence-electron chi connectivity index (χ4n) is 2.79. The molecule has 2 fully saturated rings. The van der Waals surface area contributed by atoms with Gasteiger partial charge in [-0.2, -0.15) is 0 Å². The molecule has 0 radical (unpaired) electrons. The highest BCUT2D eigenvalue weighted by Gasteiger charge is 2.28. The number of nitrogens with zero attached hydrogens (tertiary/aromatic N) is 3. The van der Waals surface area contributed by atoms with Gasteiger partial charge in [0.15, 0.2) is 0 Å². The number of sulfonamides is 1. The lowest BCUT2D eigenvalue weighted by atomic mass is 10.1. The molecule has 0 aromatic carbocycles. The lowest BCUT2D eigenvalue weighted by Crippen LogP contribution is -2.44. The summed E-state index contributed by atoms with van der Waals surface area (Å²) in [5, 5.41) is 0. The maximum atomic E-state index is 11.3. The molecule has 1 aromatic rings. The van der Waals surface area contributed by atoms with Crippen molar-refractivity contribution < 1.29 is 8.42 Å². The molecule has 0 unspecified atom stereocenters. The molecule has 21 heavy (non-hydrogen) atoms. The quantitative estimate of drug-likeness (QED) is 0.904. The van der Waals surface area contributed by atoms with Crippen LogP contribution in [0.5, 0.6) is 0 Å². The smallest absolute Gasteiger partial charge is 0.208 e. The van der Waals surface area contributed by atoms with Crippen LogP contribution in [-0.4, -0.2) is 43.8 Å². The highest BCUT2D eigenvalue weighted by molar-refractivity contribution is 7.88. The van der Waals surface area contributed by atoms with E-state index in [9.17, 15) is 8.42 Å². The summed E-state index contributed by atoms with van der Waals surface area (Å²) in [5.74, 6) is 2.51. The Morgan fingerprint density at radius 3 is 2.43 bits per heavy atom. The third kappa shape index (κ3) is 3.91. The first-order valence-electron chi connectivity index (χ1n) is 7.48. The number of hydrogen-bond acceptors (Lipinski definition) is 5. The molecule has 1 aromatic heterocycles. The Balaban J connectivity index is 1.66. The maximum Gasteiger partial charge on any atom is 0.208 e. The van der Waals surface area contributed by atoms with Crippen molar-refractivity contribution in [3.63, 3.8) is 0 Å². The summed E-state index contributed by atoms with van der Waals surface area (Å²) in [7, 11) is -3.12. The molecule has 2 aliphatic rings. The molecule has 1 aliphatic carbocycles. The van der Waals surface area contributed by atoms with E-state index in [0.29, 0.717) is 5.92 Å². The van der Waals surface area contributed by atoms with Gasteiger partial charge in [-0.05, 0) is 32.6 Å². The van der Waals surface area contributed by atoms with Gasteiger partial charge in [-0.1, -0.05) is 0 Å². The van der Waals surface area contributed by atoms with Crippen molar-refractivity contribution in [2.24, 2.45) is 0 Å². The molecule has 0 atom stereocenters. The van der Waals surface area contributed by atoms with Crippen molar-refractivity contribution >= 4 is 15.8 Å².